The van der Waals surface area contributed by atoms with Gasteiger partial charge in [0.05, 0.1) is 6.61 Å². The topological polar surface area (TPSA) is 64.4 Å². The molecule has 0 aliphatic heterocycles. The molecular weight excluding hydrogens is 316 g/mol. The van der Waals surface area contributed by atoms with E-state index in [0.29, 0.717) is 12.4 Å². The summed E-state index contributed by atoms with van der Waals surface area (Å²) >= 11 is 0. The Balaban J connectivity index is 1.73. The maximum Gasteiger partial charge on any atom is 0.277 e. The fraction of sp³-hybridized carbons (Fsp3) is 0.200. The van der Waals surface area contributed by atoms with Crippen molar-refractivity contribution in [3.63, 3.8) is 0 Å². The molecule has 0 saturated carbocycles. The van der Waals surface area contributed by atoms with E-state index in [0.717, 1.165) is 22.6 Å². The monoisotopic (exact) mass is 336 g/mol. The molecule has 0 aliphatic rings. The van der Waals surface area contributed by atoms with Gasteiger partial charge in [-0.2, -0.15) is 0 Å². The number of aryl methyl sites for hydroxylation is 2. The number of nitrogens with zero attached hydrogens (tertiary/aromatic N) is 1. The number of hydrogen-bond acceptors (Lipinski definition) is 4. The van der Waals surface area contributed by atoms with Crippen LogP contribution in [0.4, 0.5) is 5.69 Å². The van der Waals surface area contributed by atoms with Gasteiger partial charge in [-0.05, 0) is 68.3 Å². The van der Waals surface area contributed by atoms with Crippen LogP contribution in [0.3, 0.4) is 0 Å². The largest absolute Gasteiger partial charge is 0.494 e. The normalized spacial score (nSPS) is 10.5. The Hall–Kier alpha value is -3.08. The van der Waals surface area contributed by atoms with Crippen LogP contribution in [0.5, 0.6) is 5.75 Å². The molecule has 1 aromatic heterocycles. The molecule has 0 spiro atoms. The van der Waals surface area contributed by atoms with Crippen LogP contribution in [0.15, 0.2) is 53.1 Å². The van der Waals surface area contributed by atoms with Crippen LogP contribution in [-0.2, 0) is 0 Å². The molecule has 0 saturated heterocycles. The van der Waals surface area contributed by atoms with Gasteiger partial charge in [0, 0.05) is 17.3 Å². The van der Waals surface area contributed by atoms with Gasteiger partial charge in [-0.25, -0.2) is 0 Å². The molecule has 25 heavy (non-hydrogen) atoms. The third-order valence-electron chi connectivity index (χ3n) is 3.96. The fourth-order valence-electron chi connectivity index (χ4n) is 2.41. The maximum absolute atomic E-state index is 12.3. The molecule has 5 heteroatoms. The molecular formula is C20H20N2O3. The quantitative estimate of drug-likeness (QED) is 0.739. The van der Waals surface area contributed by atoms with Crippen LogP contribution < -0.4 is 10.1 Å². The molecule has 128 valence electrons. The van der Waals surface area contributed by atoms with E-state index >= 15 is 0 Å². The number of ether oxygens (including phenoxy) is 1. The number of anilines is 1. The first kappa shape index (κ1) is 16.8. The molecule has 5 nitrogen and oxygen atoms in total. The molecule has 2 aromatic carbocycles. The van der Waals surface area contributed by atoms with Crippen LogP contribution in [0, 0.1) is 13.8 Å². The Morgan fingerprint density at radius 1 is 1.08 bits per heavy atom. The minimum Gasteiger partial charge on any atom is -0.494 e. The first-order valence-electron chi connectivity index (χ1n) is 8.15. The number of nitrogens with one attached hydrogen (secondary N) is 1. The highest BCUT2D eigenvalue weighted by Gasteiger charge is 2.14. The van der Waals surface area contributed by atoms with E-state index in [1.165, 1.54) is 5.56 Å². The van der Waals surface area contributed by atoms with Crippen LogP contribution >= 0.6 is 0 Å². The van der Waals surface area contributed by atoms with E-state index in [2.05, 4.69) is 10.5 Å². The molecule has 0 radical (unpaired) electrons. The molecule has 0 fully saturated rings. The summed E-state index contributed by atoms with van der Waals surface area (Å²) in [5, 5.41) is 6.70. The summed E-state index contributed by atoms with van der Waals surface area (Å²) < 4.78 is 10.7. The average molecular weight is 336 g/mol. The van der Waals surface area contributed by atoms with Crippen molar-refractivity contribution in [1.82, 2.24) is 5.16 Å². The van der Waals surface area contributed by atoms with E-state index < -0.39 is 0 Å². The van der Waals surface area contributed by atoms with Gasteiger partial charge in [0.1, 0.15) is 5.75 Å². The molecule has 0 unspecified atom stereocenters. The average Bonchev–Trinajstić information content (AvgIpc) is 3.09. The number of carbonyl (C=O) groups is 1. The Kier molecular flexibility index (Phi) is 4.84. The molecule has 3 rings (SSSR count). The number of hydrogen-bond donors (Lipinski definition) is 1. The molecule has 0 atom stereocenters. The van der Waals surface area contributed by atoms with Crippen molar-refractivity contribution in [2.45, 2.75) is 20.8 Å². The SMILES string of the molecule is CCOc1ccc(-c2cc(C(=O)Nc3ccc(C)c(C)c3)no2)cc1. The lowest BCUT2D eigenvalue weighted by Crippen LogP contribution is -2.12. The van der Waals surface area contributed by atoms with Gasteiger partial charge in [-0.15, -0.1) is 0 Å². The molecule has 0 aliphatic carbocycles. The Labute approximate surface area is 146 Å². The van der Waals surface area contributed by atoms with E-state index in [9.17, 15) is 4.79 Å². The Morgan fingerprint density at radius 2 is 1.84 bits per heavy atom. The second-order valence-corrected chi connectivity index (χ2v) is 5.79. The summed E-state index contributed by atoms with van der Waals surface area (Å²) in [6, 6.07) is 14.9. The Morgan fingerprint density at radius 3 is 2.52 bits per heavy atom. The number of carbonyl (C=O) groups excluding carboxylic acids is 1. The van der Waals surface area contributed by atoms with Gasteiger partial charge < -0.3 is 14.6 Å². The van der Waals surface area contributed by atoms with Crippen molar-refractivity contribution in [3.8, 4) is 17.1 Å². The number of benzene rings is 2. The van der Waals surface area contributed by atoms with E-state index in [-0.39, 0.29) is 11.6 Å². The molecule has 1 N–H and O–H groups in total. The van der Waals surface area contributed by atoms with Crippen molar-refractivity contribution in [1.29, 1.82) is 0 Å². The van der Waals surface area contributed by atoms with Crippen molar-refractivity contribution >= 4 is 11.6 Å². The van der Waals surface area contributed by atoms with Gasteiger partial charge in [0.25, 0.3) is 5.91 Å². The summed E-state index contributed by atoms with van der Waals surface area (Å²) in [6.45, 7) is 6.59. The summed E-state index contributed by atoms with van der Waals surface area (Å²) in [7, 11) is 0. The predicted molar refractivity (Wildman–Crippen MR) is 97.0 cm³/mol. The van der Waals surface area contributed by atoms with Gasteiger partial charge in [0.2, 0.25) is 0 Å². The molecule has 0 bridgehead atoms. The molecule has 1 heterocycles. The van der Waals surface area contributed by atoms with Gasteiger partial charge in [-0.1, -0.05) is 11.2 Å². The molecule has 1 amide bonds. The first-order valence-corrected chi connectivity index (χ1v) is 8.15. The zero-order chi connectivity index (χ0) is 17.8. The highest BCUT2D eigenvalue weighted by atomic mass is 16.5. The van der Waals surface area contributed by atoms with Crippen molar-refractivity contribution < 1.29 is 14.1 Å². The van der Waals surface area contributed by atoms with E-state index in [1.54, 1.807) is 6.07 Å². The van der Waals surface area contributed by atoms with Gasteiger partial charge in [0.15, 0.2) is 11.5 Å². The van der Waals surface area contributed by atoms with Crippen LogP contribution in [0.25, 0.3) is 11.3 Å². The van der Waals surface area contributed by atoms with Crippen LogP contribution in [0.2, 0.25) is 0 Å². The Bertz CT molecular complexity index is 882. The highest BCUT2D eigenvalue weighted by molar-refractivity contribution is 6.03. The highest BCUT2D eigenvalue weighted by Crippen LogP contribution is 2.24. The van der Waals surface area contributed by atoms with Crippen molar-refractivity contribution in [3.05, 3.63) is 65.4 Å². The van der Waals surface area contributed by atoms with Crippen LogP contribution in [-0.4, -0.2) is 17.7 Å². The number of aromatic nitrogens is 1. The number of rotatable bonds is 5. The lowest BCUT2D eigenvalue weighted by Gasteiger charge is -2.05. The number of amides is 1. The van der Waals surface area contributed by atoms with E-state index in [4.69, 9.17) is 9.26 Å². The maximum atomic E-state index is 12.3. The lowest BCUT2D eigenvalue weighted by atomic mass is 10.1. The van der Waals surface area contributed by atoms with Crippen molar-refractivity contribution in [2.75, 3.05) is 11.9 Å². The third-order valence-corrected chi connectivity index (χ3v) is 3.96. The second-order valence-electron chi connectivity index (χ2n) is 5.79. The third kappa shape index (κ3) is 3.88. The minimum atomic E-state index is -0.302. The zero-order valence-corrected chi connectivity index (χ0v) is 14.5. The fourth-order valence-corrected chi connectivity index (χ4v) is 2.41. The standard InChI is InChI=1S/C20H20N2O3/c1-4-24-17-9-6-15(7-10-17)19-12-18(22-25-19)20(23)21-16-8-5-13(2)14(3)11-16/h5-12H,4H2,1-3H3,(H,21,23). The second kappa shape index (κ2) is 7.21. The summed E-state index contributed by atoms with van der Waals surface area (Å²) in [5.74, 6) is 1.02. The van der Waals surface area contributed by atoms with E-state index in [1.807, 2.05) is 63.2 Å². The van der Waals surface area contributed by atoms with Gasteiger partial charge >= 0.3 is 0 Å². The first-order chi connectivity index (χ1) is 12.1. The zero-order valence-electron chi connectivity index (χ0n) is 14.5. The summed E-state index contributed by atoms with van der Waals surface area (Å²) in [6.07, 6.45) is 0. The van der Waals surface area contributed by atoms with Gasteiger partial charge in [-0.3, -0.25) is 4.79 Å². The predicted octanol–water partition coefficient (Wildman–Crippen LogP) is 4.61. The molecule has 3 aromatic rings. The minimum absolute atomic E-state index is 0.238. The lowest BCUT2D eigenvalue weighted by molar-refractivity contribution is 0.101. The summed E-state index contributed by atoms with van der Waals surface area (Å²) in [5.41, 5.74) is 4.10. The van der Waals surface area contributed by atoms with Crippen LogP contribution in [0.1, 0.15) is 28.5 Å². The summed E-state index contributed by atoms with van der Waals surface area (Å²) in [4.78, 5) is 12.3. The van der Waals surface area contributed by atoms with Crippen molar-refractivity contribution in [2.24, 2.45) is 0 Å². The smallest absolute Gasteiger partial charge is 0.277 e.